The SMILES string of the molecule is Cc1cccc(-c2nn3c(=O)cc(CN4CCN(S(=O)(=O)c5ccc(C)cc5C)CC4)nc3s2)c1. The van der Waals surface area contributed by atoms with E-state index in [-0.39, 0.29) is 5.56 Å². The van der Waals surface area contributed by atoms with E-state index in [9.17, 15) is 13.2 Å². The molecule has 1 saturated heterocycles. The highest BCUT2D eigenvalue weighted by molar-refractivity contribution is 7.89. The molecule has 0 saturated carbocycles. The topological polar surface area (TPSA) is 87.9 Å². The van der Waals surface area contributed by atoms with Gasteiger partial charge in [0.15, 0.2) is 0 Å². The first-order valence-electron chi connectivity index (χ1n) is 11.5. The summed E-state index contributed by atoms with van der Waals surface area (Å²) >= 11 is 1.39. The number of sulfonamides is 1. The Bertz CT molecular complexity index is 1570. The smallest absolute Gasteiger partial charge is 0.275 e. The second kappa shape index (κ2) is 9.27. The molecule has 0 aliphatic carbocycles. The van der Waals surface area contributed by atoms with Crippen LogP contribution < -0.4 is 5.56 Å². The molecule has 1 aliphatic heterocycles. The van der Waals surface area contributed by atoms with Crippen LogP contribution >= 0.6 is 11.3 Å². The first-order chi connectivity index (χ1) is 16.7. The quantitative estimate of drug-likeness (QED) is 0.410. The molecule has 182 valence electrons. The molecule has 5 rings (SSSR count). The van der Waals surface area contributed by atoms with Gasteiger partial charge in [-0.3, -0.25) is 9.69 Å². The second-order valence-electron chi connectivity index (χ2n) is 9.01. The largest absolute Gasteiger partial charge is 0.295 e. The maximum absolute atomic E-state index is 13.2. The average Bonchev–Trinajstić information content (AvgIpc) is 3.24. The van der Waals surface area contributed by atoms with E-state index in [1.165, 1.54) is 21.9 Å². The molecular formula is C25H27N5O3S2. The summed E-state index contributed by atoms with van der Waals surface area (Å²) in [5, 5.41) is 5.21. The van der Waals surface area contributed by atoms with Gasteiger partial charge in [-0.25, -0.2) is 13.4 Å². The van der Waals surface area contributed by atoms with Crippen molar-refractivity contribution in [2.24, 2.45) is 0 Å². The third-order valence-corrected chi connectivity index (χ3v) is 9.24. The zero-order chi connectivity index (χ0) is 24.7. The fraction of sp³-hybridized carbons (Fsp3) is 0.320. The molecule has 0 amide bonds. The predicted molar refractivity (Wildman–Crippen MR) is 137 cm³/mol. The van der Waals surface area contributed by atoms with E-state index >= 15 is 0 Å². The van der Waals surface area contributed by atoms with E-state index in [0.29, 0.717) is 48.3 Å². The molecule has 0 spiro atoms. The first kappa shape index (κ1) is 23.8. The molecule has 0 N–H and O–H groups in total. The minimum Gasteiger partial charge on any atom is -0.295 e. The Balaban J connectivity index is 1.30. The summed E-state index contributed by atoms with van der Waals surface area (Å²) in [6, 6.07) is 14.9. The van der Waals surface area contributed by atoms with Crippen molar-refractivity contribution < 1.29 is 8.42 Å². The normalized spacial score (nSPS) is 15.6. The molecule has 4 aromatic rings. The fourth-order valence-corrected chi connectivity index (χ4v) is 6.97. The summed E-state index contributed by atoms with van der Waals surface area (Å²) in [6.45, 7) is 8.23. The summed E-state index contributed by atoms with van der Waals surface area (Å²) in [7, 11) is -3.54. The summed E-state index contributed by atoms with van der Waals surface area (Å²) in [5.41, 5.74) is 4.35. The van der Waals surface area contributed by atoms with Crippen molar-refractivity contribution in [3.63, 3.8) is 0 Å². The molecule has 0 bridgehead atoms. The summed E-state index contributed by atoms with van der Waals surface area (Å²) in [5.74, 6) is 0. The van der Waals surface area contributed by atoms with Gasteiger partial charge in [0.25, 0.3) is 5.56 Å². The number of piperazine rings is 1. The van der Waals surface area contributed by atoms with Crippen molar-refractivity contribution in [2.75, 3.05) is 26.2 Å². The Kier molecular flexibility index (Phi) is 6.30. The molecule has 8 nitrogen and oxygen atoms in total. The molecule has 2 aromatic carbocycles. The van der Waals surface area contributed by atoms with Gasteiger partial charge in [0.2, 0.25) is 15.0 Å². The van der Waals surface area contributed by atoms with Crippen molar-refractivity contribution in [3.8, 4) is 10.6 Å². The highest BCUT2D eigenvalue weighted by Crippen LogP contribution is 2.26. The Morgan fingerprint density at radius 3 is 2.40 bits per heavy atom. The average molecular weight is 510 g/mol. The van der Waals surface area contributed by atoms with E-state index in [2.05, 4.69) is 15.0 Å². The summed E-state index contributed by atoms with van der Waals surface area (Å²) in [6.07, 6.45) is 0. The van der Waals surface area contributed by atoms with E-state index in [4.69, 9.17) is 0 Å². The number of hydrogen-bond donors (Lipinski definition) is 0. The van der Waals surface area contributed by atoms with Crippen molar-refractivity contribution in [3.05, 3.63) is 81.3 Å². The number of aromatic nitrogens is 3. The third kappa shape index (κ3) is 4.79. The molecular weight excluding hydrogens is 482 g/mol. The van der Waals surface area contributed by atoms with Gasteiger partial charge in [-0.2, -0.15) is 13.9 Å². The van der Waals surface area contributed by atoms with E-state index < -0.39 is 10.0 Å². The zero-order valence-corrected chi connectivity index (χ0v) is 21.6. The molecule has 0 atom stereocenters. The van der Waals surface area contributed by atoms with E-state index in [1.54, 1.807) is 10.4 Å². The van der Waals surface area contributed by atoms with Crippen LogP contribution in [0.25, 0.3) is 15.5 Å². The number of nitrogens with zero attached hydrogens (tertiary/aromatic N) is 5. The van der Waals surface area contributed by atoms with Gasteiger partial charge in [-0.05, 0) is 38.5 Å². The number of rotatable bonds is 5. The van der Waals surface area contributed by atoms with Crippen LogP contribution in [0.2, 0.25) is 0 Å². The van der Waals surface area contributed by atoms with Crippen molar-refractivity contribution in [1.29, 1.82) is 0 Å². The highest BCUT2D eigenvalue weighted by Gasteiger charge is 2.29. The minimum absolute atomic E-state index is 0.212. The highest BCUT2D eigenvalue weighted by atomic mass is 32.2. The Hall–Kier alpha value is -2.92. The van der Waals surface area contributed by atoms with Crippen molar-refractivity contribution in [1.82, 2.24) is 23.8 Å². The second-order valence-corrected chi connectivity index (χ2v) is 11.9. The molecule has 3 heterocycles. The van der Waals surface area contributed by atoms with Gasteiger partial charge in [-0.1, -0.05) is 52.8 Å². The molecule has 35 heavy (non-hydrogen) atoms. The fourth-order valence-electron chi connectivity index (χ4n) is 4.42. The maximum Gasteiger partial charge on any atom is 0.275 e. The number of fused-ring (bicyclic) bond motifs is 1. The maximum atomic E-state index is 13.2. The van der Waals surface area contributed by atoms with Gasteiger partial charge in [0, 0.05) is 44.4 Å². The van der Waals surface area contributed by atoms with Gasteiger partial charge in [0.05, 0.1) is 10.6 Å². The Morgan fingerprint density at radius 2 is 1.69 bits per heavy atom. The van der Waals surface area contributed by atoms with Crippen LogP contribution in [0.15, 0.2) is 58.2 Å². The van der Waals surface area contributed by atoms with Gasteiger partial charge in [-0.15, -0.1) is 0 Å². The van der Waals surface area contributed by atoms with Gasteiger partial charge >= 0.3 is 0 Å². The van der Waals surface area contributed by atoms with Crippen LogP contribution in [0.5, 0.6) is 0 Å². The molecule has 0 unspecified atom stereocenters. The number of aryl methyl sites for hydroxylation is 3. The molecule has 1 aliphatic rings. The Labute approximate surface area is 208 Å². The molecule has 0 radical (unpaired) electrons. The third-order valence-electron chi connectivity index (χ3n) is 6.23. The Morgan fingerprint density at radius 1 is 0.943 bits per heavy atom. The van der Waals surface area contributed by atoms with Crippen LogP contribution in [-0.4, -0.2) is 58.4 Å². The van der Waals surface area contributed by atoms with E-state index in [0.717, 1.165) is 27.3 Å². The first-order valence-corrected chi connectivity index (χ1v) is 13.7. The van der Waals surface area contributed by atoms with Gasteiger partial charge in [0.1, 0.15) is 5.01 Å². The summed E-state index contributed by atoms with van der Waals surface area (Å²) in [4.78, 5) is 20.4. The standard InChI is InChI=1S/C25H27N5O3S2/c1-17-5-4-6-20(14-17)24-27-30-23(31)15-21(26-25(30)34-24)16-28-9-11-29(12-10-28)35(32,33)22-8-7-18(2)13-19(22)3/h4-8,13-15H,9-12,16H2,1-3H3. The molecule has 2 aromatic heterocycles. The molecule has 1 fully saturated rings. The van der Waals surface area contributed by atoms with Crippen LogP contribution in [0.3, 0.4) is 0 Å². The lowest BCUT2D eigenvalue weighted by molar-refractivity contribution is 0.180. The van der Waals surface area contributed by atoms with Crippen LogP contribution in [-0.2, 0) is 16.6 Å². The van der Waals surface area contributed by atoms with Crippen molar-refractivity contribution >= 4 is 26.3 Å². The molecule has 10 heteroatoms. The monoisotopic (exact) mass is 509 g/mol. The van der Waals surface area contributed by atoms with E-state index in [1.807, 2.05) is 57.2 Å². The van der Waals surface area contributed by atoms with Crippen molar-refractivity contribution in [2.45, 2.75) is 32.2 Å². The van der Waals surface area contributed by atoms with Crippen LogP contribution in [0.4, 0.5) is 0 Å². The minimum atomic E-state index is -3.54. The zero-order valence-electron chi connectivity index (χ0n) is 19.9. The van der Waals surface area contributed by atoms with Crippen LogP contribution in [0.1, 0.15) is 22.4 Å². The predicted octanol–water partition coefficient (Wildman–Crippen LogP) is 3.25. The lowest BCUT2D eigenvalue weighted by atomic mass is 10.1. The summed E-state index contributed by atoms with van der Waals surface area (Å²) < 4.78 is 29.2. The lowest BCUT2D eigenvalue weighted by Crippen LogP contribution is -2.48. The number of benzene rings is 2. The van der Waals surface area contributed by atoms with Crippen LogP contribution in [0, 0.1) is 20.8 Å². The lowest BCUT2D eigenvalue weighted by Gasteiger charge is -2.34. The number of hydrogen-bond acceptors (Lipinski definition) is 7. The van der Waals surface area contributed by atoms with Gasteiger partial charge < -0.3 is 0 Å².